The molecule has 1 aromatic carbocycles. The number of allylic oxidation sites excluding steroid dienone is 1. The van der Waals surface area contributed by atoms with Gasteiger partial charge in [-0.2, -0.15) is 0 Å². The molecule has 1 aliphatic rings. The van der Waals surface area contributed by atoms with Crippen LogP contribution in [0.4, 0.5) is 0 Å². The van der Waals surface area contributed by atoms with Gasteiger partial charge in [0.05, 0.1) is 12.0 Å². The molecule has 5 nitrogen and oxygen atoms in total. The molecule has 0 amide bonds. The molecule has 1 aromatic rings. The van der Waals surface area contributed by atoms with Crippen LogP contribution in [0, 0.1) is 5.92 Å². The topological polar surface area (TPSA) is 72.8 Å². The molecule has 0 unspecified atom stereocenters. The number of carboxylic acids is 1. The summed E-state index contributed by atoms with van der Waals surface area (Å²) < 4.78 is 11.4. The molecule has 27 heavy (non-hydrogen) atoms. The van der Waals surface area contributed by atoms with Gasteiger partial charge in [0.1, 0.15) is 5.75 Å². The zero-order valence-corrected chi connectivity index (χ0v) is 15.6. The predicted molar refractivity (Wildman–Crippen MR) is 104 cm³/mol. The highest BCUT2D eigenvalue weighted by Gasteiger charge is 2.28. The number of hydrogen-bond acceptors (Lipinski definition) is 4. The van der Waals surface area contributed by atoms with Crippen LogP contribution in [0.15, 0.2) is 43.0 Å². The minimum Gasteiger partial charge on any atom is -0.478 e. The van der Waals surface area contributed by atoms with Crippen LogP contribution in [0.5, 0.6) is 5.75 Å². The van der Waals surface area contributed by atoms with Crippen molar-refractivity contribution in [1.82, 2.24) is 0 Å². The molecular formula is C22H28O5. The third-order valence-electron chi connectivity index (χ3n) is 4.68. The van der Waals surface area contributed by atoms with Crippen molar-refractivity contribution in [3.05, 3.63) is 48.6 Å². The van der Waals surface area contributed by atoms with Crippen LogP contribution in [0.2, 0.25) is 0 Å². The Balaban J connectivity index is 1.71. The molecule has 0 atom stereocenters. The summed E-state index contributed by atoms with van der Waals surface area (Å²) in [5.74, 6) is -0.805. The number of hydrogen-bond donors (Lipinski definition) is 1. The van der Waals surface area contributed by atoms with Crippen LogP contribution in [0.3, 0.4) is 0 Å². The number of aliphatic carboxylic acids is 1. The molecule has 2 rings (SSSR count). The van der Waals surface area contributed by atoms with Gasteiger partial charge in [0.2, 0.25) is 0 Å². The van der Waals surface area contributed by atoms with E-state index in [0.29, 0.717) is 5.75 Å². The molecular weight excluding hydrogens is 344 g/mol. The minimum atomic E-state index is -0.998. The summed E-state index contributed by atoms with van der Waals surface area (Å²) in [5, 5.41) is 8.62. The summed E-state index contributed by atoms with van der Waals surface area (Å²) in [6.45, 7) is 4.49. The number of carboxylic acid groups (broad SMARTS) is 1. The molecule has 0 saturated heterocycles. The lowest BCUT2D eigenvalue weighted by atomic mass is 9.87. The van der Waals surface area contributed by atoms with Gasteiger partial charge in [-0.25, -0.2) is 4.79 Å². The molecule has 0 spiro atoms. The van der Waals surface area contributed by atoms with Crippen molar-refractivity contribution in [2.24, 2.45) is 5.92 Å². The second kappa shape index (κ2) is 11.3. The zero-order valence-electron chi connectivity index (χ0n) is 15.6. The van der Waals surface area contributed by atoms with E-state index in [4.69, 9.17) is 14.6 Å². The Labute approximate surface area is 160 Å². The van der Waals surface area contributed by atoms with E-state index >= 15 is 0 Å². The molecule has 5 heteroatoms. The van der Waals surface area contributed by atoms with Crippen molar-refractivity contribution in [3.8, 4) is 5.75 Å². The van der Waals surface area contributed by atoms with Crippen molar-refractivity contribution in [2.75, 3.05) is 6.61 Å². The summed E-state index contributed by atoms with van der Waals surface area (Å²) >= 11 is 0. The van der Waals surface area contributed by atoms with Gasteiger partial charge in [0.15, 0.2) is 0 Å². The quantitative estimate of drug-likeness (QED) is 0.213. The van der Waals surface area contributed by atoms with Gasteiger partial charge in [0, 0.05) is 12.7 Å². The summed E-state index contributed by atoms with van der Waals surface area (Å²) in [7, 11) is 0. The van der Waals surface area contributed by atoms with Gasteiger partial charge in [-0.05, 0) is 68.7 Å². The van der Waals surface area contributed by atoms with E-state index in [0.717, 1.165) is 63.2 Å². The third-order valence-corrected chi connectivity index (χ3v) is 4.68. The largest absolute Gasteiger partial charge is 0.478 e. The fourth-order valence-corrected chi connectivity index (χ4v) is 3.12. The normalized spacial score (nSPS) is 19.7. The average Bonchev–Trinajstić information content (AvgIpc) is 2.67. The smallest absolute Gasteiger partial charge is 0.328 e. The first-order chi connectivity index (χ1) is 13.1. The van der Waals surface area contributed by atoms with Crippen LogP contribution < -0.4 is 4.74 Å². The lowest BCUT2D eigenvalue weighted by Crippen LogP contribution is -2.29. The Morgan fingerprint density at radius 2 is 1.81 bits per heavy atom. The summed E-state index contributed by atoms with van der Waals surface area (Å²) in [5.41, 5.74) is 0.739. The number of carbonyl (C=O) groups excluding carboxylic acids is 1. The first-order valence-electron chi connectivity index (χ1n) is 9.53. The highest BCUT2D eigenvalue weighted by Crippen LogP contribution is 2.28. The van der Waals surface area contributed by atoms with E-state index in [1.165, 1.54) is 6.08 Å². The SMILES string of the molecule is C=CCCCCOC1CCC(C(=O)Oc2ccc(/C=C/C(=O)O)cc2)CC1. The number of rotatable bonds is 10. The Kier molecular flexibility index (Phi) is 8.78. The molecule has 0 aliphatic heterocycles. The lowest BCUT2D eigenvalue weighted by molar-refractivity contribution is -0.141. The first-order valence-corrected chi connectivity index (χ1v) is 9.53. The van der Waals surface area contributed by atoms with Crippen molar-refractivity contribution in [3.63, 3.8) is 0 Å². The maximum Gasteiger partial charge on any atom is 0.328 e. The van der Waals surface area contributed by atoms with E-state index in [1.807, 2.05) is 6.08 Å². The Morgan fingerprint density at radius 3 is 2.44 bits per heavy atom. The third kappa shape index (κ3) is 7.79. The van der Waals surface area contributed by atoms with E-state index in [9.17, 15) is 9.59 Å². The van der Waals surface area contributed by atoms with Gasteiger partial charge < -0.3 is 14.6 Å². The van der Waals surface area contributed by atoms with Gasteiger partial charge >= 0.3 is 11.9 Å². The molecule has 0 bridgehead atoms. The van der Waals surface area contributed by atoms with Gasteiger partial charge in [-0.1, -0.05) is 18.2 Å². The fourth-order valence-electron chi connectivity index (χ4n) is 3.12. The summed E-state index contributed by atoms with van der Waals surface area (Å²) in [6, 6.07) is 6.80. The van der Waals surface area contributed by atoms with Gasteiger partial charge in [-0.3, -0.25) is 4.79 Å². The molecule has 1 fully saturated rings. The molecule has 1 aliphatic carbocycles. The number of unbranched alkanes of at least 4 members (excludes halogenated alkanes) is 2. The molecule has 0 heterocycles. The second-order valence-electron chi connectivity index (χ2n) is 6.79. The van der Waals surface area contributed by atoms with E-state index < -0.39 is 5.97 Å². The van der Waals surface area contributed by atoms with Crippen LogP contribution >= 0.6 is 0 Å². The van der Waals surface area contributed by atoms with Crippen LogP contribution in [0.25, 0.3) is 6.08 Å². The van der Waals surface area contributed by atoms with Crippen LogP contribution in [-0.4, -0.2) is 29.8 Å². The molecule has 1 saturated carbocycles. The standard InChI is InChI=1S/C22H28O5/c1-2-3-4-5-16-26-19-13-9-18(10-14-19)22(25)27-20-11-6-17(7-12-20)8-15-21(23)24/h2,6-8,11-12,15,18-19H,1,3-5,9-10,13-14,16H2,(H,23,24)/b15-8+. The molecule has 1 N–H and O–H groups in total. The molecule has 0 radical (unpaired) electrons. The maximum atomic E-state index is 12.3. The van der Waals surface area contributed by atoms with Crippen LogP contribution in [-0.2, 0) is 14.3 Å². The predicted octanol–water partition coefficient (Wildman–Crippen LogP) is 4.62. The van der Waals surface area contributed by atoms with E-state index in [2.05, 4.69) is 6.58 Å². The molecule has 146 valence electrons. The number of benzene rings is 1. The summed E-state index contributed by atoms with van der Waals surface area (Å²) in [4.78, 5) is 22.9. The highest BCUT2D eigenvalue weighted by molar-refractivity contribution is 5.85. The zero-order chi connectivity index (χ0) is 19.5. The van der Waals surface area contributed by atoms with E-state index in [-0.39, 0.29) is 18.0 Å². The average molecular weight is 372 g/mol. The Bertz CT molecular complexity index is 639. The van der Waals surface area contributed by atoms with E-state index in [1.54, 1.807) is 24.3 Å². The fraction of sp³-hybridized carbons (Fsp3) is 0.455. The van der Waals surface area contributed by atoms with Crippen molar-refractivity contribution in [2.45, 2.75) is 51.0 Å². The van der Waals surface area contributed by atoms with Gasteiger partial charge in [-0.15, -0.1) is 6.58 Å². The number of esters is 1. The number of carbonyl (C=O) groups is 2. The summed E-state index contributed by atoms with van der Waals surface area (Å²) in [6.07, 6.45) is 11.3. The Morgan fingerprint density at radius 1 is 1.11 bits per heavy atom. The van der Waals surface area contributed by atoms with Crippen molar-refractivity contribution < 1.29 is 24.2 Å². The first kappa shape index (κ1) is 20.9. The lowest BCUT2D eigenvalue weighted by Gasteiger charge is -2.27. The monoisotopic (exact) mass is 372 g/mol. The van der Waals surface area contributed by atoms with Gasteiger partial charge in [0.25, 0.3) is 0 Å². The molecule has 0 aromatic heterocycles. The van der Waals surface area contributed by atoms with Crippen molar-refractivity contribution >= 4 is 18.0 Å². The minimum absolute atomic E-state index is 0.0859. The van der Waals surface area contributed by atoms with Crippen LogP contribution in [0.1, 0.15) is 50.5 Å². The van der Waals surface area contributed by atoms with Crippen molar-refractivity contribution in [1.29, 1.82) is 0 Å². The highest BCUT2D eigenvalue weighted by atomic mass is 16.5. The maximum absolute atomic E-state index is 12.3. The number of ether oxygens (including phenoxy) is 2. The Hall–Kier alpha value is -2.40. The second-order valence-corrected chi connectivity index (χ2v) is 6.79.